The van der Waals surface area contributed by atoms with Crippen molar-refractivity contribution in [1.82, 2.24) is 19.8 Å². The Morgan fingerprint density at radius 3 is 2.64 bits per heavy atom. The number of aromatic nitrogens is 2. The average molecular weight is 379 g/mol. The molecule has 0 unspecified atom stereocenters. The lowest BCUT2D eigenvalue weighted by Gasteiger charge is -2.51. The van der Waals surface area contributed by atoms with Crippen LogP contribution in [0.4, 0.5) is 0 Å². The minimum Gasteiger partial charge on any atom is -0.345 e. The molecule has 0 spiro atoms. The Labute approximate surface area is 169 Å². The van der Waals surface area contributed by atoms with E-state index in [1.807, 2.05) is 0 Å². The van der Waals surface area contributed by atoms with Crippen LogP contribution >= 0.6 is 0 Å². The summed E-state index contributed by atoms with van der Waals surface area (Å²) in [5, 5.41) is 0. The number of imidazole rings is 1. The number of benzene rings is 1. The number of hydrogen-bond donors (Lipinski definition) is 1. The Balaban J connectivity index is 1.39. The van der Waals surface area contributed by atoms with Crippen molar-refractivity contribution in [3.8, 4) is 0 Å². The molecular weight excluding hydrogens is 344 g/mol. The third-order valence-corrected chi connectivity index (χ3v) is 7.42. The number of aromatic amines is 1. The molecule has 4 aliphatic rings. The van der Waals surface area contributed by atoms with Gasteiger partial charge in [-0.1, -0.05) is 43.2 Å². The molecule has 4 saturated heterocycles. The zero-order valence-electron chi connectivity index (χ0n) is 17.4. The Hall–Kier alpha value is -1.65. The van der Waals surface area contributed by atoms with E-state index in [1.54, 1.807) is 0 Å². The first-order valence-corrected chi connectivity index (χ1v) is 11.3. The SMILES string of the molecule is CCCCc1ncc(CN2C[C@@H](c3ccc(C)cc3)[C@@H]3[C@H]2C2CCN3CC2)[nH]1. The van der Waals surface area contributed by atoms with E-state index in [0.29, 0.717) is 18.0 Å². The molecule has 0 saturated carbocycles. The lowest BCUT2D eigenvalue weighted by Crippen LogP contribution is -2.60. The first kappa shape index (κ1) is 18.4. The minimum atomic E-state index is 0.635. The summed E-state index contributed by atoms with van der Waals surface area (Å²) in [4.78, 5) is 13.8. The number of unbranched alkanes of at least 4 members (excludes halogenated alkanes) is 1. The molecule has 4 heteroatoms. The van der Waals surface area contributed by atoms with E-state index in [0.717, 1.165) is 24.7 Å². The smallest absolute Gasteiger partial charge is 0.106 e. The molecule has 4 nitrogen and oxygen atoms in total. The highest BCUT2D eigenvalue weighted by molar-refractivity contribution is 5.30. The van der Waals surface area contributed by atoms with E-state index >= 15 is 0 Å². The fourth-order valence-electron chi connectivity index (χ4n) is 6.01. The van der Waals surface area contributed by atoms with E-state index in [-0.39, 0.29) is 0 Å². The summed E-state index contributed by atoms with van der Waals surface area (Å²) in [6.07, 6.45) is 8.35. The highest BCUT2D eigenvalue weighted by Crippen LogP contribution is 2.46. The van der Waals surface area contributed by atoms with Gasteiger partial charge in [-0.05, 0) is 50.8 Å². The van der Waals surface area contributed by atoms with Gasteiger partial charge in [-0.3, -0.25) is 9.80 Å². The maximum absolute atomic E-state index is 4.64. The number of H-pyrrole nitrogens is 1. The summed E-state index contributed by atoms with van der Waals surface area (Å²) in [7, 11) is 0. The van der Waals surface area contributed by atoms with E-state index in [2.05, 4.69) is 64.1 Å². The standard InChI is InChI=1S/C24H34N4/c1-3-4-5-22-25-14-20(26-22)15-28-16-21(18-8-6-17(2)7-9-18)24-23(28)19-10-12-27(24)13-11-19/h6-9,14,19,21,23-24H,3-5,10-13,15-16H2,1-2H3,(H,25,26)/t21-,23+,24+/m0/s1. The molecule has 1 aromatic carbocycles. The topological polar surface area (TPSA) is 35.2 Å². The van der Waals surface area contributed by atoms with Gasteiger partial charge < -0.3 is 4.98 Å². The van der Waals surface area contributed by atoms with Crippen LogP contribution in [0.25, 0.3) is 0 Å². The number of nitrogens with one attached hydrogen (secondary N) is 1. The fraction of sp³-hybridized carbons (Fsp3) is 0.625. The average Bonchev–Trinajstić information content (AvgIpc) is 3.34. The van der Waals surface area contributed by atoms with E-state index in [4.69, 9.17) is 0 Å². The lowest BCUT2D eigenvalue weighted by atomic mass is 9.75. The van der Waals surface area contributed by atoms with Crippen LogP contribution < -0.4 is 0 Å². The molecule has 1 aromatic heterocycles. The van der Waals surface area contributed by atoms with Crippen molar-refractivity contribution in [1.29, 1.82) is 0 Å². The van der Waals surface area contributed by atoms with Crippen molar-refractivity contribution in [3.63, 3.8) is 0 Å². The van der Waals surface area contributed by atoms with Crippen LogP contribution in [0.1, 0.15) is 61.2 Å². The van der Waals surface area contributed by atoms with Crippen LogP contribution in [-0.4, -0.2) is 51.5 Å². The summed E-state index contributed by atoms with van der Waals surface area (Å²) in [6, 6.07) is 10.7. The summed E-state index contributed by atoms with van der Waals surface area (Å²) >= 11 is 0. The summed E-state index contributed by atoms with van der Waals surface area (Å²) in [5.41, 5.74) is 4.19. The van der Waals surface area contributed by atoms with E-state index in [1.165, 1.54) is 62.1 Å². The maximum atomic E-state index is 4.64. The zero-order valence-corrected chi connectivity index (χ0v) is 17.4. The van der Waals surface area contributed by atoms with Crippen molar-refractivity contribution in [2.24, 2.45) is 5.92 Å². The van der Waals surface area contributed by atoms with Crippen molar-refractivity contribution in [2.75, 3.05) is 19.6 Å². The second-order valence-corrected chi connectivity index (χ2v) is 9.26. The van der Waals surface area contributed by atoms with Gasteiger partial charge in [0, 0.05) is 49.4 Å². The van der Waals surface area contributed by atoms with Gasteiger partial charge in [-0.15, -0.1) is 0 Å². The number of aryl methyl sites for hydroxylation is 2. The van der Waals surface area contributed by atoms with Gasteiger partial charge in [0.25, 0.3) is 0 Å². The Morgan fingerprint density at radius 2 is 1.89 bits per heavy atom. The molecule has 2 bridgehead atoms. The van der Waals surface area contributed by atoms with Gasteiger partial charge in [0.05, 0.1) is 0 Å². The number of rotatable bonds is 6. The summed E-state index contributed by atoms with van der Waals surface area (Å²) in [5.74, 6) is 2.67. The molecule has 0 radical (unpaired) electrons. The molecule has 0 amide bonds. The van der Waals surface area contributed by atoms with E-state index < -0.39 is 0 Å². The molecule has 4 fully saturated rings. The molecule has 150 valence electrons. The van der Waals surface area contributed by atoms with Crippen LogP contribution in [0.3, 0.4) is 0 Å². The molecule has 5 heterocycles. The largest absolute Gasteiger partial charge is 0.345 e. The summed E-state index contributed by atoms with van der Waals surface area (Å²) in [6.45, 7) is 9.23. The molecule has 0 aliphatic carbocycles. The third kappa shape index (κ3) is 3.31. The Bertz CT molecular complexity index is 787. The normalized spacial score (nSPS) is 32.0. The van der Waals surface area contributed by atoms with Crippen LogP contribution in [0.2, 0.25) is 0 Å². The fourth-order valence-corrected chi connectivity index (χ4v) is 6.01. The van der Waals surface area contributed by atoms with Gasteiger partial charge in [-0.25, -0.2) is 4.98 Å². The van der Waals surface area contributed by atoms with Crippen LogP contribution in [0, 0.1) is 12.8 Å². The van der Waals surface area contributed by atoms with Gasteiger partial charge in [-0.2, -0.15) is 0 Å². The van der Waals surface area contributed by atoms with Crippen LogP contribution in [-0.2, 0) is 13.0 Å². The molecular formula is C24H34N4. The van der Waals surface area contributed by atoms with Crippen molar-refractivity contribution < 1.29 is 0 Å². The highest BCUT2D eigenvalue weighted by Gasteiger charge is 2.53. The lowest BCUT2D eigenvalue weighted by molar-refractivity contribution is -0.00895. The molecule has 1 N–H and O–H groups in total. The zero-order chi connectivity index (χ0) is 19.1. The van der Waals surface area contributed by atoms with Crippen molar-refractivity contribution >= 4 is 0 Å². The van der Waals surface area contributed by atoms with Crippen LogP contribution in [0.15, 0.2) is 30.5 Å². The number of hydrogen-bond acceptors (Lipinski definition) is 3. The quantitative estimate of drug-likeness (QED) is 0.821. The maximum Gasteiger partial charge on any atom is 0.106 e. The molecule has 4 aliphatic heterocycles. The molecule has 3 atom stereocenters. The number of likely N-dealkylation sites (tertiary alicyclic amines) is 1. The molecule has 28 heavy (non-hydrogen) atoms. The predicted molar refractivity (Wildman–Crippen MR) is 113 cm³/mol. The predicted octanol–water partition coefficient (Wildman–Crippen LogP) is 4.12. The van der Waals surface area contributed by atoms with Gasteiger partial charge in [0.1, 0.15) is 5.82 Å². The second kappa shape index (κ2) is 7.64. The van der Waals surface area contributed by atoms with Gasteiger partial charge in [0.2, 0.25) is 0 Å². The van der Waals surface area contributed by atoms with E-state index in [9.17, 15) is 0 Å². The second-order valence-electron chi connectivity index (χ2n) is 9.26. The molecule has 2 aromatic rings. The number of fused-ring (bicyclic) bond motifs is 2. The van der Waals surface area contributed by atoms with Crippen molar-refractivity contribution in [3.05, 3.63) is 53.1 Å². The van der Waals surface area contributed by atoms with Crippen LogP contribution in [0.5, 0.6) is 0 Å². The first-order valence-electron chi connectivity index (χ1n) is 11.3. The van der Waals surface area contributed by atoms with Crippen molar-refractivity contribution in [2.45, 2.75) is 70.5 Å². The summed E-state index contributed by atoms with van der Waals surface area (Å²) < 4.78 is 0. The Morgan fingerprint density at radius 1 is 1.11 bits per heavy atom. The highest BCUT2D eigenvalue weighted by atomic mass is 15.3. The minimum absolute atomic E-state index is 0.635. The van der Waals surface area contributed by atoms with Gasteiger partial charge in [0.15, 0.2) is 0 Å². The Kier molecular flexibility index (Phi) is 5.02. The van der Waals surface area contributed by atoms with Gasteiger partial charge >= 0.3 is 0 Å². The monoisotopic (exact) mass is 378 g/mol. The molecule has 6 rings (SSSR count). The number of piperidine rings is 3. The number of nitrogens with zero attached hydrogens (tertiary/aromatic N) is 3. The third-order valence-electron chi connectivity index (χ3n) is 7.42. The first-order chi connectivity index (χ1) is 13.7.